The molecule has 6 rings (SSSR count). The van der Waals surface area contributed by atoms with Crippen LogP contribution in [-0.2, 0) is 27.2 Å². The van der Waals surface area contributed by atoms with E-state index >= 15 is 0 Å². The van der Waals surface area contributed by atoms with E-state index in [9.17, 15) is 0 Å². The van der Waals surface area contributed by atoms with Gasteiger partial charge in [-0.2, -0.15) is 0 Å². The number of hydrogen-bond donors (Lipinski definition) is 1. The van der Waals surface area contributed by atoms with Gasteiger partial charge in [-0.15, -0.1) is 0 Å². The number of unbranched alkanes of at least 4 members (excludes halogenated alkanes) is 2. The van der Waals surface area contributed by atoms with E-state index in [0.29, 0.717) is 0 Å². The molecule has 2 aromatic heterocycles. The van der Waals surface area contributed by atoms with Gasteiger partial charge in [0.05, 0.1) is 74.7 Å². The fourth-order valence-electron chi connectivity index (χ4n) is 7.27. The van der Waals surface area contributed by atoms with Gasteiger partial charge in [0.2, 0.25) is 0 Å². The average Bonchev–Trinajstić information content (AvgIpc) is 3.76. The summed E-state index contributed by atoms with van der Waals surface area (Å²) in [6, 6.07) is 12.9. The number of imidazole rings is 2. The number of hydrogen-bond acceptors (Lipinski definition) is 9. The van der Waals surface area contributed by atoms with Crippen LogP contribution >= 0.6 is 15.9 Å². The Labute approximate surface area is 354 Å². The molecule has 13 nitrogen and oxygen atoms in total. The molecule has 2 aliphatic rings. The summed E-state index contributed by atoms with van der Waals surface area (Å²) >= 11 is 3.49. The van der Waals surface area contributed by atoms with E-state index in [0.717, 1.165) is 126 Å². The minimum Gasteiger partial charge on any atom is -1.00 e. The Hall–Kier alpha value is -3.82. The third-order valence-corrected chi connectivity index (χ3v) is 11.1. The molecule has 0 saturated carbocycles. The third-order valence-electron chi connectivity index (χ3n) is 10.5. The minimum atomic E-state index is 0. The Morgan fingerprint density at radius 3 is 1.39 bits per heavy atom. The van der Waals surface area contributed by atoms with Gasteiger partial charge in [0, 0.05) is 67.9 Å². The maximum absolute atomic E-state index is 4.58. The Morgan fingerprint density at radius 1 is 0.589 bits per heavy atom. The molecule has 0 aliphatic carbocycles. The number of nitrogens with zero attached hydrogens (tertiary/aromatic N) is 12. The molecule has 15 heteroatoms. The van der Waals surface area contributed by atoms with Crippen LogP contribution in [0.2, 0.25) is 0 Å². The predicted octanol–water partition coefficient (Wildman–Crippen LogP) is 4.97. The molecule has 0 amide bonds. The van der Waals surface area contributed by atoms with E-state index in [1.54, 1.807) is 0 Å². The van der Waals surface area contributed by atoms with E-state index in [1.165, 1.54) is 22.7 Å². The van der Waals surface area contributed by atoms with E-state index in [4.69, 9.17) is 0 Å². The Morgan fingerprint density at radius 2 is 1.00 bits per heavy atom. The number of benzene rings is 2. The standard InChI is InChI=1S/C21H34N7.C20H30BrN6.BrH/c1-5-26-15-16-27(6-2)20-17-18(9-10-19(20)26)23-24-21-25(4)13-14-28(21)12-8-7-11-22-3;1-4-25-14-15-26(5-2)19-16-17(8-9-18(19)25)22-23-20-24(3)12-13-27(20)11-7-6-10-21;/h9-10,13-14,17,22H,5-8,11-12,15-16H2,1-4H3;8-9,12-13,16H,4-7,10-11,14-15H2,1-3H3;1H/q2*+1;/p-1. The molecule has 56 heavy (non-hydrogen) atoms. The highest BCUT2D eigenvalue weighted by atomic mass is 79.9. The smallest absolute Gasteiger partial charge is 0.421 e. The van der Waals surface area contributed by atoms with Gasteiger partial charge in [0.15, 0.2) is 0 Å². The molecule has 0 radical (unpaired) electrons. The lowest BCUT2D eigenvalue weighted by molar-refractivity contribution is -0.657. The van der Waals surface area contributed by atoms with Crippen molar-refractivity contribution in [2.24, 2.45) is 34.6 Å². The first kappa shape index (κ1) is 44.9. The summed E-state index contributed by atoms with van der Waals surface area (Å²) in [6.45, 7) is 20.2. The van der Waals surface area contributed by atoms with Crippen LogP contribution in [0.25, 0.3) is 0 Å². The predicted molar refractivity (Wildman–Crippen MR) is 230 cm³/mol. The normalized spacial score (nSPS) is 13.9. The zero-order valence-electron chi connectivity index (χ0n) is 34.7. The van der Waals surface area contributed by atoms with Crippen LogP contribution in [0.5, 0.6) is 0 Å². The van der Waals surface area contributed by atoms with Crippen LogP contribution < -0.4 is 51.0 Å². The number of aromatic nitrogens is 4. The number of likely N-dealkylation sites (N-methyl/N-ethyl adjacent to an activating group) is 4. The second-order valence-corrected chi connectivity index (χ2v) is 14.9. The fraction of sp³-hybridized carbons (Fsp3) is 0.561. The number of azo groups is 2. The molecular weight excluding hydrogens is 834 g/mol. The minimum absolute atomic E-state index is 0. The maximum Gasteiger partial charge on any atom is 0.421 e. The van der Waals surface area contributed by atoms with Crippen molar-refractivity contribution in [2.45, 2.75) is 66.5 Å². The first-order chi connectivity index (χ1) is 26.8. The molecule has 1 N–H and O–H groups in total. The van der Waals surface area contributed by atoms with Gasteiger partial charge in [-0.05, 0) is 103 Å². The summed E-state index contributed by atoms with van der Waals surface area (Å²) in [6.07, 6.45) is 12.8. The molecule has 0 saturated heterocycles. The van der Waals surface area contributed by atoms with Gasteiger partial charge >= 0.3 is 11.9 Å². The van der Waals surface area contributed by atoms with Crippen molar-refractivity contribution >= 4 is 62.0 Å². The van der Waals surface area contributed by atoms with Gasteiger partial charge in [-0.1, -0.05) is 26.2 Å². The SMILES string of the molecule is CCN1CCN(CC)c2cc(N=Nc3n(CCCCBr)cc[n+]3C)ccc21.CCN1CCN(CC)c2cc(N=Nc3n(CCCCNC)cc[n+]3C)ccc21.[Br-]. The van der Waals surface area contributed by atoms with Crippen LogP contribution in [0, 0.1) is 0 Å². The summed E-state index contributed by atoms with van der Waals surface area (Å²) in [4.78, 5) is 9.70. The fourth-order valence-corrected chi connectivity index (χ4v) is 7.67. The van der Waals surface area contributed by atoms with E-state index in [2.05, 4.69) is 147 Å². The highest BCUT2D eigenvalue weighted by Crippen LogP contribution is 2.37. The van der Waals surface area contributed by atoms with E-state index in [1.807, 2.05) is 42.7 Å². The van der Waals surface area contributed by atoms with E-state index < -0.39 is 0 Å². The number of fused-ring (bicyclic) bond motifs is 2. The monoisotopic (exact) mass is 896 g/mol. The number of anilines is 4. The van der Waals surface area contributed by atoms with Crippen molar-refractivity contribution in [1.29, 1.82) is 0 Å². The lowest BCUT2D eigenvalue weighted by Crippen LogP contribution is -3.00. The van der Waals surface area contributed by atoms with Crippen molar-refractivity contribution in [3.8, 4) is 0 Å². The van der Waals surface area contributed by atoms with E-state index in [-0.39, 0.29) is 17.0 Å². The molecular formula is C41H64Br2N13+. The molecule has 4 aromatic rings. The zero-order chi connectivity index (χ0) is 39.2. The number of aryl methyl sites for hydroxylation is 4. The quantitative estimate of drug-likeness (QED) is 0.0701. The molecule has 0 atom stereocenters. The number of halogens is 2. The molecule has 306 valence electrons. The molecule has 0 spiro atoms. The summed E-state index contributed by atoms with van der Waals surface area (Å²) in [5.74, 6) is 1.76. The summed E-state index contributed by atoms with van der Waals surface area (Å²) in [5.41, 5.74) is 6.93. The van der Waals surface area contributed by atoms with Crippen molar-refractivity contribution in [3.05, 3.63) is 61.2 Å². The lowest BCUT2D eigenvalue weighted by Gasteiger charge is -2.38. The lowest BCUT2D eigenvalue weighted by atomic mass is 10.1. The van der Waals surface area contributed by atoms with Gasteiger partial charge in [-0.3, -0.25) is 0 Å². The number of alkyl halides is 1. The number of rotatable bonds is 17. The molecule has 0 bridgehead atoms. The second kappa shape index (κ2) is 22.8. The van der Waals surface area contributed by atoms with Gasteiger partial charge in [0.1, 0.15) is 11.4 Å². The van der Waals surface area contributed by atoms with Crippen molar-refractivity contribution in [1.82, 2.24) is 14.5 Å². The van der Waals surface area contributed by atoms with Crippen LogP contribution in [0.15, 0.2) is 81.6 Å². The van der Waals surface area contributed by atoms with Crippen molar-refractivity contribution in [2.75, 3.05) is 90.9 Å². The molecule has 4 heterocycles. The first-order valence-corrected chi connectivity index (χ1v) is 21.4. The summed E-state index contributed by atoms with van der Waals surface area (Å²) in [7, 11) is 6.02. The summed E-state index contributed by atoms with van der Waals surface area (Å²) < 4.78 is 8.39. The van der Waals surface area contributed by atoms with Crippen molar-refractivity contribution in [3.63, 3.8) is 0 Å². The van der Waals surface area contributed by atoms with Crippen LogP contribution in [0.3, 0.4) is 0 Å². The third kappa shape index (κ3) is 11.4. The Bertz CT molecular complexity index is 1850. The largest absolute Gasteiger partial charge is 1.00 e. The number of nitrogens with one attached hydrogen (secondary N) is 1. The maximum atomic E-state index is 4.58. The highest BCUT2D eigenvalue weighted by Gasteiger charge is 2.23. The highest BCUT2D eigenvalue weighted by molar-refractivity contribution is 9.09. The Kier molecular flexibility index (Phi) is 18.3. The molecule has 2 aromatic carbocycles. The Balaban J connectivity index is 0.000000244. The molecule has 0 unspecified atom stereocenters. The summed E-state index contributed by atoms with van der Waals surface area (Å²) in [5, 5.41) is 22.5. The molecule has 0 fully saturated rings. The topological polar surface area (TPSA) is 92.1 Å². The zero-order valence-corrected chi connectivity index (χ0v) is 37.9. The van der Waals surface area contributed by atoms with Gasteiger partial charge in [0.25, 0.3) is 0 Å². The second-order valence-electron chi connectivity index (χ2n) is 14.1. The molecule has 2 aliphatic heterocycles. The van der Waals surface area contributed by atoms with Crippen LogP contribution in [-0.4, -0.2) is 80.4 Å². The van der Waals surface area contributed by atoms with Crippen LogP contribution in [0.1, 0.15) is 53.4 Å². The van der Waals surface area contributed by atoms with Crippen LogP contribution in [0.4, 0.5) is 46.0 Å². The van der Waals surface area contributed by atoms with Gasteiger partial charge in [-0.25, -0.2) is 18.3 Å². The van der Waals surface area contributed by atoms with Gasteiger partial charge < -0.3 is 41.9 Å². The van der Waals surface area contributed by atoms with Crippen molar-refractivity contribution < 1.29 is 26.1 Å². The average molecular weight is 899 g/mol. The first-order valence-electron chi connectivity index (χ1n) is 20.3.